The minimum absolute atomic E-state index is 0.145. The summed E-state index contributed by atoms with van der Waals surface area (Å²) < 4.78 is 0. The molecule has 0 spiro atoms. The van der Waals surface area contributed by atoms with E-state index in [1.165, 1.54) is 29.7 Å². The molecule has 0 radical (unpaired) electrons. The molecule has 114 valence electrons. The summed E-state index contributed by atoms with van der Waals surface area (Å²) in [6.07, 6.45) is -0.145. The van der Waals surface area contributed by atoms with E-state index in [1.54, 1.807) is 0 Å². The third-order valence-corrected chi connectivity index (χ3v) is 3.21. The van der Waals surface area contributed by atoms with Gasteiger partial charge in [-0.25, -0.2) is 15.1 Å². The van der Waals surface area contributed by atoms with E-state index in [2.05, 4.69) is 0 Å². The number of aromatic carboxylic acids is 2. The molecule has 0 aromatic carbocycles. The summed E-state index contributed by atoms with van der Waals surface area (Å²) >= 11 is 0. The van der Waals surface area contributed by atoms with E-state index in [9.17, 15) is 24.6 Å². The second-order valence-electron chi connectivity index (χ2n) is 4.55. The first-order valence-corrected chi connectivity index (χ1v) is 6.10. The number of anilines is 1. The van der Waals surface area contributed by atoms with Crippen LogP contribution in [0.1, 0.15) is 26.3 Å². The molecule has 0 atom stereocenters. The lowest BCUT2D eigenvalue weighted by atomic mass is 10.1. The van der Waals surface area contributed by atoms with Gasteiger partial charge in [0.05, 0.1) is 23.2 Å². The van der Waals surface area contributed by atoms with Crippen LogP contribution in [0.2, 0.25) is 0 Å². The van der Waals surface area contributed by atoms with Crippen LogP contribution >= 0.6 is 0 Å². The van der Waals surface area contributed by atoms with Crippen LogP contribution in [0.15, 0.2) is 24.3 Å². The normalized spacial score (nSPS) is 10.4. The van der Waals surface area contributed by atoms with Crippen molar-refractivity contribution < 1.29 is 29.8 Å². The molecule has 0 heterocycles. The highest BCUT2D eigenvalue weighted by molar-refractivity contribution is 6.14. The Bertz CT molecular complexity index is 704. The predicted molar refractivity (Wildman–Crippen MR) is 75.0 cm³/mol. The van der Waals surface area contributed by atoms with Gasteiger partial charge in [0.15, 0.2) is 0 Å². The average molecular weight is 304 g/mol. The number of hydrogen-bond donors (Lipinski definition) is 5. The Morgan fingerprint density at radius 3 is 1.77 bits per heavy atom. The molecule has 0 aliphatic heterocycles. The lowest BCUT2D eigenvalue weighted by Crippen LogP contribution is -2.20. The molecule has 6 N–H and O–H groups in total. The Hall–Kier alpha value is -3.13. The smallest absolute Gasteiger partial charge is 0.338 e. The number of carbonyl (C=O) groups is 3. The first kappa shape index (κ1) is 15.3. The van der Waals surface area contributed by atoms with E-state index in [4.69, 9.17) is 10.9 Å². The van der Waals surface area contributed by atoms with Crippen molar-refractivity contribution in [2.45, 2.75) is 6.42 Å². The topological polar surface area (TPSA) is 150 Å². The number of nitrogens with two attached hydrogens (primary N) is 1. The Morgan fingerprint density at radius 1 is 0.955 bits per heavy atom. The van der Waals surface area contributed by atoms with E-state index in [0.29, 0.717) is 5.56 Å². The molecule has 2 aliphatic rings. The van der Waals surface area contributed by atoms with Gasteiger partial charge < -0.3 is 15.9 Å². The van der Waals surface area contributed by atoms with Gasteiger partial charge in [-0.3, -0.25) is 10.0 Å². The van der Waals surface area contributed by atoms with Crippen molar-refractivity contribution in [1.82, 2.24) is 5.48 Å². The summed E-state index contributed by atoms with van der Waals surface area (Å²) in [7, 11) is 0. The zero-order valence-electron chi connectivity index (χ0n) is 11.2. The Morgan fingerprint density at radius 2 is 1.41 bits per heavy atom. The lowest BCUT2D eigenvalue weighted by molar-refractivity contribution is -0.128. The second-order valence-corrected chi connectivity index (χ2v) is 4.55. The van der Waals surface area contributed by atoms with Gasteiger partial charge in [0, 0.05) is 0 Å². The zero-order valence-corrected chi connectivity index (χ0v) is 11.2. The third kappa shape index (κ3) is 2.54. The molecular formula is C14H12N2O6. The van der Waals surface area contributed by atoms with Crippen LogP contribution in [-0.4, -0.2) is 33.3 Å². The van der Waals surface area contributed by atoms with Crippen molar-refractivity contribution in [3.8, 4) is 11.1 Å². The van der Waals surface area contributed by atoms with Crippen molar-refractivity contribution in [1.29, 1.82) is 0 Å². The molecule has 8 nitrogen and oxygen atoms in total. The van der Waals surface area contributed by atoms with Crippen LogP contribution in [-0.2, 0) is 11.2 Å². The highest BCUT2D eigenvalue weighted by Gasteiger charge is 2.28. The molecule has 0 saturated heterocycles. The maximum Gasteiger partial charge on any atom is 0.338 e. The summed E-state index contributed by atoms with van der Waals surface area (Å²) in [5.41, 5.74) is 7.03. The number of carboxylic acid groups (broad SMARTS) is 2. The molecule has 2 aliphatic carbocycles. The Kier molecular flexibility index (Phi) is 3.95. The van der Waals surface area contributed by atoms with Crippen LogP contribution in [0.3, 0.4) is 0 Å². The Labute approximate surface area is 124 Å². The zero-order chi connectivity index (χ0) is 16.4. The number of rotatable bonds is 4. The number of amides is 1. The summed E-state index contributed by atoms with van der Waals surface area (Å²) in [5, 5.41) is 27.0. The van der Waals surface area contributed by atoms with Gasteiger partial charge in [0.1, 0.15) is 0 Å². The molecule has 0 bridgehead atoms. The first-order chi connectivity index (χ1) is 10.4. The van der Waals surface area contributed by atoms with Crippen LogP contribution in [0.4, 0.5) is 5.69 Å². The van der Waals surface area contributed by atoms with Crippen LogP contribution in [0.5, 0.6) is 0 Å². The monoisotopic (exact) mass is 304 g/mol. The number of hydrogen-bond acceptors (Lipinski definition) is 5. The van der Waals surface area contributed by atoms with Gasteiger partial charge in [-0.1, -0.05) is 24.3 Å². The highest BCUT2D eigenvalue weighted by atomic mass is 16.5. The molecule has 2 rings (SSSR count). The Balaban J connectivity index is 2.68. The molecule has 22 heavy (non-hydrogen) atoms. The van der Waals surface area contributed by atoms with Crippen molar-refractivity contribution >= 4 is 23.5 Å². The van der Waals surface area contributed by atoms with E-state index in [-0.39, 0.29) is 34.4 Å². The van der Waals surface area contributed by atoms with E-state index in [0.717, 1.165) is 0 Å². The van der Waals surface area contributed by atoms with Gasteiger partial charge >= 0.3 is 11.9 Å². The van der Waals surface area contributed by atoms with Crippen molar-refractivity contribution in [3.05, 3.63) is 41.0 Å². The molecule has 0 unspecified atom stereocenters. The quantitative estimate of drug-likeness (QED) is 0.414. The van der Waals surface area contributed by atoms with Gasteiger partial charge in [-0.2, -0.15) is 0 Å². The van der Waals surface area contributed by atoms with Crippen LogP contribution < -0.4 is 11.2 Å². The molecule has 0 aromatic heterocycles. The van der Waals surface area contributed by atoms with Gasteiger partial charge in [-0.05, 0) is 16.7 Å². The predicted octanol–water partition coefficient (Wildman–Crippen LogP) is 0.818. The number of carboxylic acids is 2. The fraction of sp³-hybridized carbons (Fsp3) is 0.0714. The highest BCUT2D eigenvalue weighted by Crippen LogP contribution is 2.38. The number of carbonyl (C=O) groups excluding carboxylic acids is 1. The lowest BCUT2D eigenvalue weighted by Gasteiger charge is -1.96. The molecule has 8 heteroatoms. The SMILES string of the molecule is Nc1c(C(=O)O)c2ccc(CC(=O)NO)ccc-2c1C(=O)O. The first-order valence-electron chi connectivity index (χ1n) is 6.10. The number of nitrogens with one attached hydrogen (secondary N) is 1. The largest absolute Gasteiger partial charge is 0.478 e. The third-order valence-electron chi connectivity index (χ3n) is 3.21. The fourth-order valence-electron chi connectivity index (χ4n) is 2.27. The summed E-state index contributed by atoms with van der Waals surface area (Å²) in [6, 6.07) is 5.72. The van der Waals surface area contributed by atoms with Gasteiger partial charge in [0.2, 0.25) is 5.91 Å². The second kappa shape index (κ2) is 5.70. The van der Waals surface area contributed by atoms with Gasteiger partial charge in [0.25, 0.3) is 0 Å². The number of fused-ring (bicyclic) bond motifs is 1. The maximum absolute atomic E-state index is 11.3. The fourth-order valence-corrected chi connectivity index (χ4v) is 2.27. The minimum atomic E-state index is -1.34. The molecular weight excluding hydrogens is 292 g/mol. The molecule has 0 fully saturated rings. The molecule has 0 saturated carbocycles. The maximum atomic E-state index is 11.3. The van der Waals surface area contributed by atoms with Crippen molar-refractivity contribution in [3.63, 3.8) is 0 Å². The molecule has 1 amide bonds. The minimum Gasteiger partial charge on any atom is -0.478 e. The average Bonchev–Trinajstić information content (AvgIpc) is 2.59. The standard InChI is InChI=1S/C14H12N2O6/c15-12-10(13(18)19)7-3-1-6(5-9(17)16-22)2-4-8(7)11(12)14(20)21/h1-4,22H,5,15H2,(H,16,17)(H,18,19)(H,20,21). The van der Waals surface area contributed by atoms with E-state index in [1.807, 2.05) is 0 Å². The number of nitrogen functional groups attached to an aromatic ring is 1. The summed E-state index contributed by atoms with van der Waals surface area (Å²) in [6.45, 7) is 0. The summed E-state index contributed by atoms with van der Waals surface area (Å²) in [5.74, 6) is -3.32. The molecule has 0 aromatic rings. The van der Waals surface area contributed by atoms with E-state index >= 15 is 0 Å². The van der Waals surface area contributed by atoms with Crippen LogP contribution in [0.25, 0.3) is 11.1 Å². The number of hydroxylamine groups is 1. The van der Waals surface area contributed by atoms with Crippen molar-refractivity contribution in [2.75, 3.05) is 5.73 Å². The van der Waals surface area contributed by atoms with Crippen molar-refractivity contribution in [2.24, 2.45) is 0 Å². The van der Waals surface area contributed by atoms with Crippen LogP contribution in [0, 0.1) is 0 Å². The summed E-state index contributed by atoms with van der Waals surface area (Å²) in [4.78, 5) is 33.8. The van der Waals surface area contributed by atoms with Gasteiger partial charge in [-0.15, -0.1) is 0 Å². The van der Waals surface area contributed by atoms with E-state index < -0.39 is 17.8 Å².